The summed E-state index contributed by atoms with van der Waals surface area (Å²) in [6.07, 6.45) is 5.30. The van der Waals surface area contributed by atoms with Crippen LogP contribution in [0.15, 0.2) is 18.2 Å². The number of carbonyl (C=O) groups excluding carboxylic acids is 1. The third-order valence-corrected chi connectivity index (χ3v) is 3.79. The highest BCUT2D eigenvalue weighted by Gasteiger charge is 2.23. The fraction of sp³-hybridized carbons (Fsp3) is 0.462. The van der Waals surface area contributed by atoms with Crippen molar-refractivity contribution >= 4 is 29.2 Å². The quantitative estimate of drug-likeness (QED) is 0.586. The number of rotatable bonds is 2. The van der Waals surface area contributed by atoms with Crippen molar-refractivity contribution in [3.63, 3.8) is 0 Å². The van der Waals surface area contributed by atoms with Crippen molar-refractivity contribution in [3.05, 3.63) is 28.2 Å². The molecule has 1 fully saturated rings. The van der Waals surface area contributed by atoms with Gasteiger partial charge in [0.25, 0.3) is 0 Å². The Bertz CT molecular complexity index is 412. The maximum absolute atomic E-state index is 11.9. The molecule has 0 saturated heterocycles. The second-order valence-electron chi connectivity index (χ2n) is 4.33. The zero-order chi connectivity index (χ0) is 12.3. The first kappa shape index (κ1) is 12.7. The highest BCUT2D eigenvalue weighted by Crippen LogP contribution is 2.29. The van der Waals surface area contributed by atoms with Gasteiger partial charge in [-0.05, 0) is 25.0 Å². The molecular formula is C13H14Cl2O2. The van der Waals surface area contributed by atoms with Gasteiger partial charge in [0, 0.05) is 6.07 Å². The Morgan fingerprint density at radius 1 is 1.12 bits per heavy atom. The molecule has 2 rings (SSSR count). The Morgan fingerprint density at radius 2 is 1.82 bits per heavy atom. The highest BCUT2D eigenvalue weighted by molar-refractivity contribution is 6.42. The average molecular weight is 273 g/mol. The second kappa shape index (κ2) is 5.74. The van der Waals surface area contributed by atoms with Crippen LogP contribution in [0.4, 0.5) is 0 Å². The third kappa shape index (κ3) is 3.36. The number of hydrogen-bond donors (Lipinski definition) is 0. The summed E-state index contributed by atoms with van der Waals surface area (Å²) in [7, 11) is 0. The van der Waals surface area contributed by atoms with Gasteiger partial charge in [-0.25, -0.2) is 0 Å². The first-order valence-electron chi connectivity index (χ1n) is 5.83. The van der Waals surface area contributed by atoms with E-state index >= 15 is 0 Å². The van der Waals surface area contributed by atoms with E-state index < -0.39 is 0 Å². The molecule has 1 aliphatic rings. The molecule has 1 aromatic carbocycles. The minimum Gasteiger partial charge on any atom is -0.426 e. The molecule has 1 aliphatic carbocycles. The molecule has 4 heteroatoms. The summed E-state index contributed by atoms with van der Waals surface area (Å²) in [6, 6.07) is 4.87. The van der Waals surface area contributed by atoms with Crippen molar-refractivity contribution in [2.75, 3.05) is 0 Å². The lowest BCUT2D eigenvalue weighted by molar-refractivity contribution is -0.139. The van der Waals surface area contributed by atoms with Gasteiger partial charge in [-0.15, -0.1) is 0 Å². The van der Waals surface area contributed by atoms with Gasteiger partial charge in [0.15, 0.2) is 0 Å². The van der Waals surface area contributed by atoms with Crippen molar-refractivity contribution in [2.45, 2.75) is 32.1 Å². The molecular weight excluding hydrogens is 259 g/mol. The predicted molar refractivity (Wildman–Crippen MR) is 68.7 cm³/mol. The summed E-state index contributed by atoms with van der Waals surface area (Å²) >= 11 is 11.7. The second-order valence-corrected chi connectivity index (χ2v) is 5.15. The molecule has 0 atom stereocenters. The van der Waals surface area contributed by atoms with Crippen LogP contribution >= 0.6 is 23.2 Å². The van der Waals surface area contributed by atoms with E-state index in [4.69, 9.17) is 27.9 Å². The van der Waals surface area contributed by atoms with E-state index in [0.29, 0.717) is 15.8 Å². The standard InChI is InChI=1S/C13H14Cl2O2/c14-11-7-6-10(8-12(11)15)17-13(16)9-4-2-1-3-5-9/h6-9H,1-5H2. The molecule has 1 aromatic rings. The number of hydrogen-bond acceptors (Lipinski definition) is 2. The van der Waals surface area contributed by atoms with Crippen LogP contribution in [0.5, 0.6) is 5.75 Å². The van der Waals surface area contributed by atoms with E-state index in [1.807, 2.05) is 0 Å². The molecule has 0 spiro atoms. The van der Waals surface area contributed by atoms with E-state index in [1.165, 1.54) is 6.42 Å². The molecule has 0 N–H and O–H groups in total. The Balaban J connectivity index is 1.99. The fourth-order valence-electron chi connectivity index (χ4n) is 2.08. The van der Waals surface area contributed by atoms with Gasteiger partial charge in [-0.1, -0.05) is 42.5 Å². The fourth-order valence-corrected chi connectivity index (χ4v) is 2.37. The summed E-state index contributed by atoms with van der Waals surface area (Å²) < 4.78 is 5.31. The predicted octanol–water partition coefficient (Wildman–Crippen LogP) is 4.48. The lowest BCUT2D eigenvalue weighted by atomic mass is 9.89. The number of halogens is 2. The van der Waals surface area contributed by atoms with Crippen molar-refractivity contribution in [3.8, 4) is 5.75 Å². The van der Waals surface area contributed by atoms with E-state index in [-0.39, 0.29) is 11.9 Å². The smallest absolute Gasteiger partial charge is 0.314 e. The zero-order valence-corrected chi connectivity index (χ0v) is 10.9. The lowest BCUT2D eigenvalue weighted by Gasteiger charge is -2.19. The monoisotopic (exact) mass is 272 g/mol. The molecule has 0 radical (unpaired) electrons. The van der Waals surface area contributed by atoms with Gasteiger partial charge in [-0.3, -0.25) is 4.79 Å². The van der Waals surface area contributed by atoms with Crippen LogP contribution in [0.25, 0.3) is 0 Å². The maximum Gasteiger partial charge on any atom is 0.314 e. The molecule has 0 amide bonds. The SMILES string of the molecule is O=C(Oc1ccc(Cl)c(Cl)c1)C1CCCCC1. The molecule has 1 saturated carbocycles. The summed E-state index contributed by atoms with van der Waals surface area (Å²) in [5, 5.41) is 0.866. The minimum atomic E-state index is -0.150. The van der Waals surface area contributed by atoms with Gasteiger partial charge in [-0.2, -0.15) is 0 Å². The van der Waals surface area contributed by atoms with Crippen LogP contribution in [-0.4, -0.2) is 5.97 Å². The number of benzene rings is 1. The number of esters is 1. The number of ether oxygens (including phenoxy) is 1. The van der Waals surface area contributed by atoms with Crippen LogP contribution in [0.2, 0.25) is 10.0 Å². The van der Waals surface area contributed by atoms with Crippen LogP contribution in [0, 0.1) is 5.92 Å². The van der Waals surface area contributed by atoms with Crippen LogP contribution in [-0.2, 0) is 4.79 Å². The van der Waals surface area contributed by atoms with E-state index in [2.05, 4.69) is 0 Å². The van der Waals surface area contributed by atoms with Gasteiger partial charge in [0.2, 0.25) is 0 Å². The largest absolute Gasteiger partial charge is 0.426 e. The van der Waals surface area contributed by atoms with Crippen molar-refractivity contribution in [1.29, 1.82) is 0 Å². The topological polar surface area (TPSA) is 26.3 Å². The Labute approximate surface area is 111 Å². The maximum atomic E-state index is 11.9. The number of carbonyl (C=O) groups is 1. The van der Waals surface area contributed by atoms with Crippen molar-refractivity contribution in [2.24, 2.45) is 5.92 Å². The third-order valence-electron chi connectivity index (χ3n) is 3.05. The van der Waals surface area contributed by atoms with Crippen LogP contribution in [0.3, 0.4) is 0 Å². The first-order chi connectivity index (χ1) is 8.16. The Kier molecular flexibility index (Phi) is 4.30. The van der Waals surface area contributed by atoms with Gasteiger partial charge in [0.05, 0.1) is 16.0 Å². The molecule has 0 bridgehead atoms. The van der Waals surface area contributed by atoms with Crippen molar-refractivity contribution < 1.29 is 9.53 Å². The summed E-state index contributed by atoms with van der Waals surface area (Å²) in [4.78, 5) is 11.9. The first-order valence-corrected chi connectivity index (χ1v) is 6.59. The van der Waals surface area contributed by atoms with Crippen LogP contribution < -0.4 is 4.74 Å². The Morgan fingerprint density at radius 3 is 2.47 bits per heavy atom. The lowest BCUT2D eigenvalue weighted by Crippen LogP contribution is -2.22. The van der Waals surface area contributed by atoms with E-state index in [0.717, 1.165) is 25.7 Å². The zero-order valence-electron chi connectivity index (χ0n) is 9.42. The molecule has 17 heavy (non-hydrogen) atoms. The minimum absolute atomic E-state index is 0.0400. The summed E-state index contributed by atoms with van der Waals surface area (Å²) in [5.74, 6) is 0.358. The Hall–Kier alpha value is -0.730. The van der Waals surface area contributed by atoms with Gasteiger partial charge in [0.1, 0.15) is 5.75 Å². The normalized spacial score (nSPS) is 16.8. The summed E-state index contributed by atoms with van der Waals surface area (Å²) in [5.41, 5.74) is 0. The van der Waals surface area contributed by atoms with Crippen LogP contribution in [0.1, 0.15) is 32.1 Å². The molecule has 2 nitrogen and oxygen atoms in total. The van der Waals surface area contributed by atoms with E-state index in [1.54, 1.807) is 18.2 Å². The summed E-state index contributed by atoms with van der Waals surface area (Å²) in [6.45, 7) is 0. The molecule has 0 unspecified atom stereocenters. The molecule has 0 aromatic heterocycles. The molecule has 0 aliphatic heterocycles. The highest BCUT2D eigenvalue weighted by atomic mass is 35.5. The van der Waals surface area contributed by atoms with Gasteiger partial charge >= 0.3 is 5.97 Å². The average Bonchev–Trinajstić information content (AvgIpc) is 2.35. The van der Waals surface area contributed by atoms with Crippen molar-refractivity contribution in [1.82, 2.24) is 0 Å². The van der Waals surface area contributed by atoms with E-state index in [9.17, 15) is 4.79 Å². The molecule has 92 valence electrons. The molecule has 0 heterocycles. The van der Waals surface area contributed by atoms with Gasteiger partial charge < -0.3 is 4.74 Å².